The Hall–Kier alpha value is -2.34. The maximum absolute atomic E-state index is 12.6. The van der Waals surface area contributed by atoms with E-state index in [1.165, 1.54) is 6.42 Å². The van der Waals surface area contributed by atoms with E-state index in [4.69, 9.17) is 0 Å². The number of piperidine rings is 1. The first-order valence-electron chi connectivity index (χ1n) is 8.80. The Morgan fingerprint density at radius 3 is 2.42 bits per heavy atom. The second-order valence-corrected chi connectivity index (χ2v) is 7.26. The summed E-state index contributed by atoms with van der Waals surface area (Å²) in [5, 5.41) is 5.91. The van der Waals surface area contributed by atoms with Gasteiger partial charge in [-0.2, -0.15) is 0 Å². The number of likely N-dealkylation sites (tertiary alicyclic amines) is 1. The van der Waals surface area contributed by atoms with Crippen LogP contribution in [0.3, 0.4) is 0 Å². The molecule has 1 aliphatic rings. The molecule has 0 radical (unpaired) electrons. The van der Waals surface area contributed by atoms with Crippen LogP contribution < -0.4 is 10.6 Å². The Morgan fingerprint density at radius 2 is 1.69 bits per heavy atom. The van der Waals surface area contributed by atoms with Gasteiger partial charge in [-0.25, -0.2) is 0 Å². The van der Waals surface area contributed by atoms with Gasteiger partial charge in [0.2, 0.25) is 5.91 Å². The van der Waals surface area contributed by atoms with Gasteiger partial charge < -0.3 is 15.5 Å². The second kappa shape index (κ2) is 8.85. The van der Waals surface area contributed by atoms with E-state index in [-0.39, 0.29) is 18.4 Å². The number of amides is 2. The lowest BCUT2D eigenvalue weighted by atomic mass is 10.1. The smallest absolute Gasteiger partial charge is 0.253 e. The van der Waals surface area contributed by atoms with Crippen molar-refractivity contribution in [2.75, 3.05) is 30.3 Å². The van der Waals surface area contributed by atoms with Gasteiger partial charge in [-0.1, -0.05) is 22.0 Å². The molecular formula is C20H22BrN3O2. The molecule has 1 aliphatic heterocycles. The minimum Gasteiger partial charge on any atom is -0.376 e. The van der Waals surface area contributed by atoms with E-state index < -0.39 is 0 Å². The highest BCUT2D eigenvalue weighted by Gasteiger charge is 2.18. The first-order chi connectivity index (χ1) is 12.6. The summed E-state index contributed by atoms with van der Waals surface area (Å²) in [4.78, 5) is 26.6. The molecule has 3 rings (SSSR count). The van der Waals surface area contributed by atoms with Crippen LogP contribution in [0.1, 0.15) is 29.6 Å². The quantitative estimate of drug-likeness (QED) is 0.771. The molecule has 0 aliphatic carbocycles. The molecule has 0 bridgehead atoms. The molecule has 2 N–H and O–H groups in total. The summed E-state index contributed by atoms with van der Waals surface area (Å²) < 4.78 is 0.962. The summed E-state index contributed by atoms with van der Waals surface area (Å²) in [6.45, 7) is 1.79. The van der Waals surface area contributed by atoms with Gasteiger partial charge in [-0.05, 0) is 61.7 Å². The maximum atomic E-state index is 12.6. The van der Waals surface area contributed by atoms with E-state index >= 15 is 0 Å². The van der Waals surface area contributed by atoms with E-state index in [0.29, 0.717) is 5.56 Å². The molecule has 1 heterocycles. The molecule has 0 aromatic heterocycles. The van der Waals surface area contributed by atoms with E-state index in [9.17, 15) is 9.59 Å². The zero-order valence-electron chi connectivity index (χ0n) is 14.5. The van der Waals surface area contributed by atoms with Gasteiger partial charge in [0.05, 0.1) is 6.54 Å². The van der Waals surface area contributed by atoms with Crippen molar-refractivity contribution in [2.45, 2.75) is 19.3 Å². The van der Waals surface area contributed by atoms with Crippen LogP contribution in [0, 0.1) is 0 Å². The zero-order chi connectivity index (χ0) is 18.4. The Balaban J connectivity index is 1.55. The van der Waals surface area contributed by atoms with Crippen molar-refractivity contribution >= 4 is 39.1 Å². The third-order valence-corrected chi connectivity index (χ3v) is 4.86. The lowest BCUT2D eigenvalue weighted by molar-refractivity contribution is -0.114. The molecule has 136 valence electrons. The topological polar surface area (TPSA) is 61.4 Å². The Bertz CT molecular complexity index is 771. The standard InChI is InChI=1S/C20H22BrN3O2/c21-16-7-9-17(10-8-16)23-19(25)14-22-18-6-4-5-15(13-18)20(26)24-11-2-1-3-12-24/h4-10,13,22H,1-3,11-12,14H2,(H,23,25). The number of halogens is 1. The molecule has 2 aromatic carbocycles. The molecule has 6 heteroatoms. The van der Waals surface area contributed by atoms with Crippen LogP contribution in [0.15, 0.2) is 53.0 Å². The molecule has 0 spiro atoms. The van der Waals surface area contributed by atoms with Crippen molar-refractivity contribution in [1.29, 1.82) is 0 Å². The summed E-state index contributed by atoms with van der Waals surface area (Å²) in [5.74, 6) is -0.0762. The fourth-order valence-electron chi connectivity index (χ4n) is 2.96. The molecular weight excluding hydrogens is 394 g/mol. The van der Waals surface area contributed by atoms with Gasteiger partial charge in [-0.15, -0.1) is 0 Å². The van der Waals surface area contributed by atoms with E-state index in [1.54, 1.807) is 0 Å². The number of carbonyl (C=O) groups excluding carboxylic acids is 2. The summed E-state index contributed by atoms with van der Waals surface area (Å²) in [7, 11) is 0. The number of benzene rings is 2. The molecule has 0 unspecified atom stereocenters. The molecule has 1 fully saturated rings. The first kappa shape index (κ1) is 18.5. The van der Waals surface area contributed by atoms with E-state index in [2.05, 4.69) is 26.6 Å². The molecule has 26 heavy (non-hydrogen) atoms. The SMILES string of the molecule is O=C(CNc1cccc(C(=O)N2CCCCC2)c1)Nc1ccc(Br)cc1. The average Bonchev–Trinajstić information content (AvgIpc) is 2.68. The van der Waals surface area contributed by atoms with Crippen molar-refractivity contribution in [2.24, 2.45) is 0 Å². The lowest BCUT2D eigenvalue weighted by Gasteiger charge is -2.26. The minimum atomic E-state index is -0.139. The number of carbonyl (C=O) groups is 2. The van der Waals surface area contributed by atoms with Gasteiger partial charge in [0.15, 0.2) is 0 Å². The number of rotatable bonds is 5. The van der Waals surface area contributed by atoms with Gasteiger partial charge in [-0.3, -0.25) is 9.59 Å². The number of hydrogen-bond donors (Lipinski definition) is 2. The normalized spacial score (nSPS) is 14.0. The van der Waals surface area contributed by atoms with Crippen LogP contribution in [0.4, 0.5) is 11.4 Å². The van der Waals surface area contributed by atoms with Gasteiger partial charge in [0.25, 0.3) is 5.91 Å². The van der Waals surface area contributed by atoms with Crippen LogP contribution >= 0.6 is 15.9 Å². The van der Waals surface area contributed by atoms with Crippen molar-refractivity contribution in [3.63, 3.8) is 0 Å². The molecule has 2 amide bonds. The monoisotopic (exact) mass is 415 g/mol. The minimum absolute atomic E-state index is 0.0627. The number of anilines is 2. The molecule has 0 saturated carbocycles. The average molecular weight is 416 g/mol. The van der Waals surface area contributed by atoms with Gasteiger partial charge >= 0.3 is 0 Å². The highest BCUT2D eigenvalue weighted by atomic mass is 79.9. The fourth-order valence-corrected chi connectivity index (χ4v) is 3.23. The largest absolute Gasteiger partial charge is 0.376 e. The maximum Gasteiger partial charge on any atom is 0.253 e. The van der Waals surface area contributed by atoms with Crippen LogP contribution in [0.25, 0.3) is 0 Å². The molecule has 2 aromatic rings. The molecule has 1 saturated heterocycles. The number of hydrogen-bond acceptors (Lipinski definition) is 3. The zero-order valence-corrected chi connectivity index (χ0v) is 16.1. The summed E-state index contributed by atoms with van der Waals surface area (Å²) in [6, 6.07) is 14.7. The van der Waals surface area contributed by atoms with Crippen LogP contribution in [-0.4, -0.2) is 36.3 Å². The van der Waals surface area contributed by atoms with Gasteiger partial charge in [0, 0.05) is 34.5 Å². The van der Waals surface area contributed by atoms with Gasteiger partial charge in [0.1, 0.15) is 0 Å². The third-order valence-electron chi connectivity index (χ3n) is 4.33. The summed E-state index contributed by atoms with van der Waals surface area (Å²) in [5.41, 5.74) is 2.16. The van der Waals surface area contributed by atoms with Crippen LogP contribution in [0.5, 0.6) is 0 Å². The van der Waals surface area contributed by atoms with Crippen molar-refractivity contribution < 1.29 is 9.59 Å². The molecule has 0 atom stereocenters. The second-order valence-electron chi connectivity index (χ2n) is 6.34. The Labute approximate surface area is 161 Å². The lowest BCUT2D eigenvalue weighted by Crippen LogP contribution is -2.35. The molecule has 5 nitrogen and oxygen atoms in total. The Kier molecular flexibility index (Phi) is 6.28. The Morgan fingerprint density at radius 1 is 0.962 bits per heavy atom. The summed E-state index contributed by atoms with van der Waals surface area (Å²) >= 11 is 3.36. The highest BCUT2D eigenvalue weighted by molar-refractivity contribution is 9.10. The summed E-state index contributed by atoms with van der Waals surface area (Å²) in [6.07, 6.45) is 3.33. The van der Waals surface area contributed by atoms with Crippen LogP contribution in [0.2, 0.25) is 0 Å². The highest BCUT2D eigenvalue weighted by Crippen LogP contribution is 2.17. The number of nitrogens with zero attached hydrogens (tertiary/aromatic N) is 1. The first-order valence-corrected chi connectivity index (χ1v) is 9.60. The number of nitrogens with one attached hydrogen (secondary N) is 2. The van der Waals surface area contributed by atoms with Crippen LogP contribution in [-0.2, 0) is 4.79 Å². The van der Waals surface area contributed by atoms with E-state index in [0.717, 1.165) is 41.8 Å². The predicted octanol–water partition coefficient (Wildman–Crippen LogP) is 4.13. The third kappa shape index (κ3) is 5.08. The van der Waals surface area contributed by atoms with E-state index in [1.807, 2.05) is 53.4 Å². The fraction of sp³-hybridized carbons (Fsp3) is 0.300. The van der Waals surface area contributed by atoms with Crippen molar-refractivity contribution in [3.05, 3.63) is 58.6 Å². The van der Waals surface area contributed by atoms with Crippen molar-refractivity contribution in [3.8, 4) is 0 Å². The predicted molar refractivity (Wildman–Crippen MR) is 107 cm³/mol. The van der Waals surface area contributed by atoms with Crippen molar-refractivity contribution in [1.82, 2.24) is 4.90 Å².